The van der Waals surface area contributed by atoms with Crippen molar-refractivity contribution in [2.45, 2.75) is 45.6 Å². The highest BCUT2D eigenvalue weighted by molar-refractivity contribution is 5.55. The Labute approximate surface area is 130 Å². The molecule has 1 aliphatic heterocycles. The van der Waals surface area contributed by atoms with Gasteiger partial charge in [0.1, 0.15) is 0 Å². The van der Waals surface area contributed by atoms with Gasteiger partial charge in [0, 0.05) is 25.3 Å². The van der Waals surface area contributed by atoms with Gasteiger partial charge in [0.05, 0.1) is 5.54 Å². The molecule has 0 aromatic heterocycles. The lowest BCUT2D eigenvalue weighted by atomic mass is 9.87. The quantitative estimate of drug-likeness (QED) is 0.904. The third-order valence-corrected chi connectivity index (χ3v) is 5.13. The summed E-state index contributed by atoms with van der Waals surface area (Å²) in [6.07, 6.45) is 3.61. The summed E-state index contributed by atoms with van der Waals surface area (Å²) in [5.41, 5.74) is 9.12. The zero-order valence-electron chi connectivity index (χ0n) is 13.9. The molecule has 1 unspecified atom stereocenters. The SMILES string of the molecule is CCN1CCCC(CN)(N(CC)c2ccccc2C)CC1. The number of likely N-dealkylation sites (N-methyl/N-ethyl adjacent to an activating group) is 1. The van der Waals surface area contributed by atoms with Gasteiger partial charge in [0.2, 0.25) is 0 Å². The average molecular weight is 289 g/mol. The van der Waals surface area contributed by atoms with Gasteiger partial charge < -0.3 is 15.5 Å². The number of benzene rings is 1. The maximum atomic E-state index is 6.30. The van der Waals surface area contributed by atoms with Crippen LogP contribution >= 0.6 is 0 Å². The predicted octanol–water partition coefficient (Wildman–Crippen LogP) is 3.02. The molecule has 1 aliphatic rings. The minimum atomic E-state index is 0.116. The Morgan fingerprint density at radius 1 is 1.19 bits per heavy atom. The molecular weight excluding hydrogens is 258 g/mol. The van der Waals surface area contributed by atoms with E-state index < -0.39 is 0 Å². The molecule has 0 saturated carbocycles. The highest BCUT2D eigenvalue weighted by atomic mass is 15.2. The van der Waals surface area contributed by atoms with Gasteiger partial charge in [-0.3, -0.25) is 0 Å². The van der Waals surface area contributed by atoms with E-state index in [1.807, 2.05) is 0 Å². The lowest BCUT2D eigenvalue weighted by molar-refractivity contribution is 0.285. The van der Waals surface area contributed by atoms with E-state index in [1.54, 1.807) is 0 Å². The van der Waals surface area contributed by atoms with Crippen LogP contribution in [0, 0.1) is 6.92 Å². The summed E-state index contributed by atoms with van der Waals surface area (Å²) in [4.78, 5) is 5.13. The number of nitrogens with two attached hydrogens (primary N) is 1. The molecule has 1 saturated heterocycles. The molecule has 0 radical (unpaired) electrons. The van der Waals surface area contributed by atoms with Gasteiger partial charge in [-0.1, -0.05) is 25.1 Å². The van der Waals surface area contributed by atoms with Crippen LogP contribution in [0.2, 0.25) is 0 Å². The normalized spacial score (nSPS) is 23.8. The summed E-state index contributed by atoms with van der Waals surface area (Å²) in [7, 11) is 0. The van der Waals surface area contributed by atoms with Crippen LogP contribution in [0.4, 0.5) is 5.69 Å². The van der Waals surface area contributed by atoms with E-state index in [9.17, 15) is 0 Å². The monoisotopic (exact) mass is 289 g/mol. The van der Waals surface area contributed by atoms with E-state index >= 15 is 0 Å². The Morgan fingerprint density at radius 3 is 2.57 bits per heavy atom. The molecule has 3 heteroatoms. The van der Waals surface area contributed by atoms with Gasteiger partial charge in [-0.15, -0.1) is 0 Å². The Hall–Kier alpha value is -1.06. The second-order valence-electron chi connectivity index (χ2n) is 6.25. The number of anilines is 1. The number of hydrogen-bond acceptors (Lipinski definition) is 3. The standard InChI is InChI=1S/C18H31N3/c1-4-20-13-8-11-18(15-19,12-14-20)21(5-2)17-10-7-6-9-16(17)3/h6-7,9-10H,4-5,8,11-15,19H2,1-3H3. The molecule has 1 heterocycles. The molecule has 2 N–H and O–H groups in total. The molecule has 3 nitrogen and oxygen atoms in total. The number of para-hydroxylation sites is 1. The number of nitrogens with zero attached hydrogens (tertiary/aromatic N) is 2. The van der Waals surface area contributed by atoms with E-state index in [4.69, 9.17) is 5.73 Å². The van der Waals surface area contributed by atoms with Crippen molar-refractivity contribution in [3.05, 3.63) is 29.8 Å². The van der Waals surface area contributed by atoms with Crippen molar-refractivity contribution in [2.24, 2.45) is 5.73 Å². The first-order valence-electron chi connectivity index (χ1n) is 8.42. The molecule has 0 amide bonds. The zero-order chi connectivity index (χ0) is 15.3. The molecule has 1 aromatic rings. The fourth-order valence-corrected chi connectivity index (χ4v) is 3.76. The molecule has 21 heavy (non-hydrogen) atoms. The van der Waals surface area contributed by atoms with Gasteiger partial charge in [0.25, 0.3) is 0 Å². The van der Waals surface area contributed by atoms with E-state index in [-0.39, 0.29) is 5.54 Å². The molecule has 0 bridgehead atoms. The van der Waals surface area contributed by atoms with Crippen LogP contribution in [-0.2, 0) is 0 Å². The summed E-state index contributed by atoms with van der Waals surface area (Å²) in [6, 6.07) is 8.72. The first-order valence-corrected chi connectivity index (χ1v) is 8.42. The summed E-state index contributed by atoms with van der Waals surface area (Å²) in [5.74, 6) is 0. The zero-order valence-corrected chi connectivity index (χ0v) is 13.9. The van der Waals surface area contributed by atoms with Crippen LogP contribution in [0.5, 0.6) is 0 Å². The van der Waals surface area contributed by atoms with Crippen molar-refractivity contribution < 1.29 is 0 Å². The molecule has 0 aliphatic carbocycles. The molecule has 0 spiro atoms. The molecule has 1 fully saturated rings. The highest BCUT2D eigenvalue weighted by Crippen LogP contribution is 2.34. The average Bonchev–Trinajstić information content (AvgIpc) is 2.73. The Kier molecular flexibility index (Phi) is 5.65. The summed E-state index contributed by atoms with van der Waals surface area (Å²) < 4.78 is 0. The fraction of sp³-hybridized carbons (Fsp3) is 0.667. The number of rotatable bonds is 5. The third-order valence-electron chi connectivity index (χ3n) is 5.13. The van der Waals surface area contributed by atoms with E-state index in [1.165, 1.54) is 37.1 Å². The van der Waals surface area contributed by atoms with Gasteiger partial charge in [-0.05, 0) is 57.8 Å². The first-order chi connectivity index (χ1) is 10.2. The largest absolute Gasteiger partial charge is 0.365 e. The van der Waals surface area contributed by atoms with Gasteiger partial charge in [0.15, 0.2) is 0 Å². The summed E-state index contributed by atoms with van der Waals surface area (Å²) in [5, 5.41) is 0. The van der Waals surface area contributed by atoms with E-state index in [2.05, 4.69) is 54.8 Å². The minimum absolute atomic E-state index is 0.116. The van der Waals surface area contributed by atoms with Crippen LogP contribution < -0.4 is 10.6 Å². The van der Waals surface area contributed by atoms with Crippen molar-refractivity contribution >= 4 is 5.69 Å². The molecule has 1 atom stereocenters. The second kappa shape index (κ2) is 7.28. The van der Waals surface area contributed by atoms with E-state index in [0.29, 0.717) is 0 Å². The first kappa shape index (κ1) is 16.3. The number of likely N-dealkylation sites (tertiary alicyclic amines) is 1. The third kappa shape index (κ3) is 3.41. The van der Waals surface area contributed by atoms with Crippen molar-refractivity contribution in [1.82, 2.24) is 4.90 Å². The fourth-order valence-electron chi connectivity index (χ4n) is 3.76. The van der Waals surface area contributed by atoms with Crippen molar-refractivity contribution in [1.29, 1.82) is 0 Å². The van der Waals surface area contributed by atoms with Crippen LogP contribution in [0.3, 0.4) is 0 Å². The van der Waals surface area contributed by atoms with Gasteiger partial charge >= 0.3 is 0 Å². The van der Waals surface area contributed by atoms with Crippen LogP contribution in [0.15, 0.2) is 24.3 Å². The molecule has 2 rings (SSSR count). The van der Waals surface area contributed by atoms with Crippen LogP contribution in [-0.4, -0.2) is 43.2 Å². The highest BCUT2D eigenvalue weighted by Gasteiger charge is 2.36. The molecular formula is C18H31N3. The van der Waals surface area contributed by atoms with Crippen LogP contribution in [0.25, 0.3) is 0 Å². The van der Waals surface area contributed by atoms with E-state index in [0.717, 1.165) is 26.2 Å². The smallest absolute Gasteiger partial charge is 0.0536 e. The second-order valence-corrected chi connectivity index (χ2v) is 6.25. The van der Waals surface area contributed by atoms with Gasteiger partial charge in [-0.2, -0.15) is 0 Å². The van der Waals surface area contributed by atoms with Crippen LogP contribution in [0.1, 0.15) is 38.7 Å². The molecule has 118 valence electrons. The Balaban J connectivity index is 2.30. The van der Waals surface area contributed by atoms with Gasteiger partial charge in [-0.25, -0.2) is 0 Å². The Bertz CT molecular complexity index is 446. The summed E-state index contributed by atoms with van der Waals surface area (Å²) >= 11 is 0. The topological polar surface area (TPSA) is 32.5 Å². The van der Waals surface area contributed by atoms with Crippen molar-refractivity contribution in [3.63, 3.8) is 0 Å². The molecule has 1 aromatic carbocycles. The van der Waals surface area contributed by atoms with Crippen molar-refractivity contribution in [2.75, 3.05) is 37.6 Å². The summed E-state index contributed by atoms with van der Waals surface area (Å²) in [6.45, 7) is 12.0. The maximum Gasteiger partial charge on any atom is 0.0536 e. The number of aryl methyl sites for hydroxylation is 1. The minimum Gasteiger partial charge on any atom is -0.365 e. The maximum absolute atomic E-state index is 6.30. The lowest BCUT2D eigenvalue weighted by Crippen LogP contribution is -2.55. The number of hydrogen-bond donors (Lipinski definition) is 1. The Morgan fingerprint density at radius 2 is 1.95 bits per heavy atom. The lowest BCUT2D eigenvalue weighted by Gasteiger charge is -2.45. The van der Waals surface area contributed by atoms with Crippen molar-refractivity contribution in [3.8, 4) is 0 Å². The predicted molar refractivity (Wildman–Crippen MR) is 91.9 cm³/mol.